The lowest BCUT2D eigenvalue weighted by molar-refractivity contribution is 0.868. The highest BCUT2D eigenvalue weighted by atomic mass is 15.1. The third kappa shape index (κ3) is 1.97. The van der Waals surface area contributed by atoms with Crippen LogP contribution in [0.1, 0.15) is 25.4 Å². The fourth-order valence-electron chi connectivity index (χ4n) is 0.792. The van der Waals surface area contributed by atoms with Gasteiger partial charge in [0, 0.05) is 7.05 Å². The molecule has 0 spiro atoms. The van der Waals surface area contributed by atoms with E-state index < -0.39 is 0 Å². The second-order valence-electron chi connectivity index (χ2n) is 2.19. The molecule has 0 fully saturated rings. The molecule has 0 aliphatic rings. The van der Waals surface area contributed by atoms with Crippen molar-refractivity contribution in [2.45, 2.75) is 27.7 Å². The molecule has 0 radical (unpaired) electrons. The smallest absolute Gasteiger partial charge is 0.126 e. The number of hydrogen-bond acceptors (Lipinski definition) is 2. The van der Waals surface area contributed by atoms with Gasteiger partial charge in [-0.15, -0.1) is 0 Å². The molecule has 64 valence electrons. The molecule has 0 unspecified atom stereocenters. The van der Waals surface area contributed by atoms with Gasteiger partial charge in [-0.3, -0.25) is 0 Å². The van der Waals surface area contributed by atoms with E-state index in [2.05, 4.69) is 4.98 Å². The number of aromatic nitrogens is 2. The summed E-state index contributed by atoms with van der Waals surface area (Å²) >= 11 is 0. The van der Waals surface area contributed by atoms with E-state index in [0.29, 0.717) is 0 Å². The maximum atomic E-state index is 5.60. The van der Waals surface area contributed by atoms with Crippen LogP contribution in [0.3, 0.4) is 0 Å². The Bertz CT molecular complexity index is 203. The Morgan fingerprint density at radius 1 is 1.27 bits per heavy atom. The van der Waals surface area contributed by atoms with Crippen molar-refractivity contribution in [1.29, 1.82) is 0 Å². The SMILES string of the molecule is CC.Cc1nc(C)n(C)c1N. The Morgan fingerprint density at radius 2 is 1.73 bits per heavy atom. The molecule has 2 N–H and O–H groups in total. The third-order valence-electron chi connectivity index (χ3n) is 1.55. The monoisotopic (exact) mass is 155 g/mol. The predicted octanol–water partition coefficient (Wildman–Crippen LogP) is 1.65. The summed E-state index contributed by atoms with van der Waals surface area (Å²) in [7, 11) is 1.91. The second kappa shape index (κ2) is 4.01. The molecule has 3 nitrogen and oxygen atoms in total. The van der Waals surface area contributed by atoms with Gasteiger partial charge in [-0.25, -0.2) is 4.98 Å². The molecule has 0 saturated carbocycles. The Balaban J connectivity index is 0.000000461. The topological polar surface area (TPSA) is 43.8 Å². The van der Waals surface area contributed by atoms with Crippen LogP contribution in [0, 0.1) is 13.8 Å². The first-order valence-corrected chi connectivity index (χ1v) is 3.88. The molecule has 0 bridgehead atoms. The van der Waals surface area contributed by atoms with Crippen LogP contribution in [0.5, 0.6) is 0 Å². The zero-order valence-corrected chi connectivity index (χ0v) is 7.97. The average molecular weight is 155 g/mol. The summed E-state index contributed by atoms with van der Waals surface area (Å²) in [6, 6.07) is 0. The molecule has 1 rings (SSSR count). The van der Waals surface area contributed by atoms with Crippen molar-refractivity contribution in [3.63, 3.8) is 0 Å². The summed E-state index contributed by atoms with van der Waals surface area (Å²) in [4.78, 5) is 4.15. The summed E-state index contributed by atoms with van der Waals surface area (Å²) in [6.07, 6.45) is 0. The molecule has 0 atom stereocenters. The second-order valence-corrected chi connectivity index (χ2v) is 2.19. The van der Waals surface area contributed by atoms with E-state index in [1.54, 1.807) is 0 Å². The Kier molecular flexibility index (Phi) is 3.65. The van der Waals surface area contributed by atoms with E-state index in [1.807, 2.05) is 39.3 Å². The average Bonchev–Trinajstić information content (AvgIpc) is 2.22. The van der Waals surface area contributed by atoms with Crippen molar-refractivity contribution in [2.75, 3.05) is 5.73 Å². The zero-order chi connectivity index (χ0) is 9.02. The number of anilines is 1. The van der Waals surface area contributed by atoms with E-state index in [4.69, 9.17) is 5.73 Å². The summed E-state index contributed by atoms with van der Waals surface area (Å²) in [5, 5.41) is 0. The summed E-state index contributed by atoms with van der Waals surface area (Å²) in [6.45, 7) is 7.84. The molecule has 0 saturated heterocycles. The van der Waals surface area contributed by atoms with Gasteiger partial charge in [-0.1, -0.05) is 13.8 Å². The van der Waals surface area contributed by atoms with Crippen molar-refractivity contribution in [1.82, 2.24) is 9.55 Å². The van der Waals surface area contributed by atoms with Gasteiger partial charge in [0.1, 0.15) is 11.6 Å². The lowest BCUT2D eigenvalue weighted by Gasteiger charge is -1.94. The van der Waals surface area contributed by atoms with Crippen LogP contribution < -0.4 is 5.73 Å². The molecule has 0 aliphatic heterocycles. The first-order chi connectivity index (χ1) is 5.13. The summed E-state index contributed by atoms with van der Waals surface area (Å²) in [5.41, 5.74) is 6.52. The van der Waals surface area contributed by atoms with Gasteiger partial charge in [0.05, 0.1) is 5.69 Å². The number of nitrogen functional groups attached to an aromatic ring is 1. The number of hydrogen-bond donors (Lipinski definition) is 1. The van der Waals surface area contributed by atoms with Gasteiger partial charge >= 0.3 is 0 Å². The maximum Gasteiger partial charge on any atom is 0.126 e. The van der Waals surface area contributed by atoms with Crippen LogP contribution in [0.25, 0.3) is 0 Å². The van der Waals surface area contributed by atoms with Crippen LogP contribution in [0.15, 0.2) is 0 Å². The quantitative estimate of drug-likeness (QED) is 0.619. The maximum absolute atomic E-state index is 5.60. The highest BCUT2D eigenvalue weighted by Crippen LogP contribution is 2.08. The van der Waals surface area contributed by atoms with E-state index >= 15 is 0 Å². The molecular formula is C8H17N3. The van der Waals surface area contributed by atoms with Crippen LogP contribution in [0.4, 0.5) is 5.82 Å². The highest BCUT2D eigenvalue weighted by molar-refractivity contribution is 5.36. The van der Waals surface area contributed by atoms with Crippen molar-refractivity contribution in [3.8, 4) is 0 Å². The molecule has 0 aromatic carbocycles. The molecule has 3 heteroatoms. The minimum Gasteiger partial charge on any atom is -0.384 e. The Hall–Kier alpha value is -0.990. The fraction of sp³-hybridized carbons (Fsp3) is 0.625. The summed E-state index contributed by atoms with van der Waals surface area (Å²) < 4.78 is 1.87. The zero-order valence-electron chi connectivity index (χ0n) is 7.97. The number of imidazole rings is 1. The van der Waals surface area contributed by atoms with E-state index in [-0.39, 0.29) is 0 Å². The van der Waals surface area contributed by atoms with E-state index in [1.165, 1.54) is 0 Å². The van der Waals surface area contributed by atoms with Crippen LogP contribution in [0.2, 0.25) is 0 Å². The normalized spacial score (nSPS) is 8.82. The molecule has 1 aromatic rings. The largest absolute Gasteiger partial charge is 0.384 e. The van der Waals surface area contributed by atoms with E-state index in [9.17, 15) is 0 Å². The van der Waals surface area contributed by atoms with Gasteiger partial charge in [0.25, 0.3) is 0 Å². The molecule has 1 aromatic heterocycles. The molecule has 11 heavy (non-hydrogen) atoms. The number of rotatable bonds is 0. The van der Waals surface area contributed by atoms with Crippen molar-refractivity contribution in [2.24, 2.45) is 7.05 Å². The minimum atomic E-state index is 0.757. The van der Waals surface area contributed by atoms with Gasteiger partial charge < -0.3 is 10.3 Å². The molecule has 1 heterocycles. The fourth-order valence-corrected chi connectivity index (χ4v) is 0.792. The van der Waals surface area contributed by atoms with Crippen LogP contribution in [-0.4, -0.2) is 9.55 Å². The van der Waals surface area contributed by atoms with Gasteiger partial charge in [0.15, 0.2) is 0 Å². The Labute approximate surface area is 68.2 Å². The van der Waals surface area contributed by atoms with Gasteiger partial charge in [0.2, 0.25) is 0 Å². The first kappa shape index (κ1) is 10.0. The summed E-state index contributed by atoms with van der Waals surface area (Å²) in [5.74, 6) is 1.72. The lowest BCUT2D eigenvalue weighted by Crippen LogP contribution is -1.97. The lowest BCUT2D eigenvalue weighted by atomic mass is 10.5. The standard InChI is InChI=1S/C6H11N3.C2H6/c1-4-6(7)9(3)5(2)8-4;1-2/h7H2,1-3H3;1-2H3. The Morgan fingerprint density at radius 3 is 1.82 bits per heavy atom. The van der Waals surface area contributed by atoms with Gasteiger partial charge in [-0.05, 0) is 13.8 Å². The number of nitrogens with two attached hydrogens (primary N) is 1. The first-order valence-electron chi connectivity index (χ1n) is 3.88. The highest BCUT2D eigenvalue weighted by Gasteiger charge is 2.01. The van der Waals surface area contributed by atoms with Crippen LogP contribution >= 0.6 is 0 Å². The molecule has 0 aliphatic carbocycles. The van der Waals surface area contributed by atoms with Crippen molar-refractivity contribution in [3.05, 3.63) is 11.5 Å². The van der Waals surface area contributed by atoms with E-state index in [0.717, 1.165) is 17.3 Å². The van der Waals surface area contributed by atoms with Gasteiger partial charge in [-0.2, -0.15) is 0 Å². The molecular weight excluding hydrogens is 138 g/mol. The van der Waals surface area contributed by atoms with Crippen molar-refractivity contribution >= 4 is 5.82 Å². The number of aryl methyl sites for hydroxylation is 2. The minimum absolute atomic E-state index is 0.757. The predicted molar refractivity (Wildman–Crippen MR) is 48.4 cm³/mol. The number of nitrogens with zero attached hydrogens (tertiary/aromatic N) is 2. The third-order valence-corrected chi connectivity index (χ3v) is 1.55. The molecule has 0 amide bonds. The van der Waals surface area contributed by atoms with Crippen molar-refractivity contribution < 1.29 is 0 Å². The van der Waals surface area contributed by atoms with Crippen LogP contribution in [-0.2, 0) is 7.05 Å².